The summed E-state index contributed by atoms with van der Waals surface area (Å²) in [7, 11) is -5.76. The Morgan fingerprint density at radius 2 is 1.80 bits per heavy atom. The fourth-order valence-electron chi connectivity index (χ4n) is 4.34. The van der Waals surface area contributed by atoms with Gasteiger partial charge in [0, 0.05) is 38.0 Å². The van der Waals surface area contributed by atoms with E-state index in [1.807, 2.05) is 47.0 Å². The smallest absolute Gasteiger partial charge is 0.274 e. The molecule has 0 bridgehead atoms. The third kappa shape index (κ3) is 6.37. The number of carbonyl (C=O) groups excluding carboxylic acids is 1. The zero-order valence-electron chi connectivity index (χ0n) is 21.6. The van der Waals surface area contributed by atoms with Gasteiger partial charge in [0.15, 0.2) is 15.1 Å². The lowest BCUT2D eigenvalue weighted by atomic mass is 10.0. The maximum atomic E-state index is 13.1. The molecule has 3 N–H and O–H groups in total. The fraction of sp³-hybridized carbons (Fsp3) is 0.333. The average molecular weight is 606 g/mol. The average Bonchev–Trinajstić information content (AvgIpc) is 3.53. The van der Waals surface area contributed by atoms with E-state index in [2.05, 4.69) is 20.1 Å². The van der Waals surface area contributed by atoms with Gasteiger partial charge < -0.3 is 14.2 Å². The van der Waals surface area contributed by atoms with Crippen molar-refractivity contribution in [1.29, 1.82) is 0 Å². The molecule has 1 aliphatic heterocycles. The number of nitrogens with zero attached hydrogens (tertiary/aromatic N) is 5. The number of amides is 1. The number of fused-ring (bicyclic) bond motifs is 1. The highest BCUT2D eigenvalue weighted by atomic mass is 32.2. The molecular weight excluding hydrogens is 579 g/mol. The van der Waals surface area contributed by atoms with Crippen LogP contribution in [0.2, 0.25) is 0 Å². The van der Waals surface area contributed by atoms with Gasteiger partial charge in [-0.25, -0.2) is 18.5 Å². The minimum absolute atomic E-state index is 0.00899. The zero-order chi connectivity index (χ0) is 28.7. The Morgan fingerprint density at radius 3 is 2.50 bits per heavy atom. The Kier molecular flexibility index (Phi) is 7.73. The maximum absolute atomic E-state index is 13.1. The minimum atomic E-state index is -4.00. The second-order valence-electron chi connectivity index (χ2n) is 9.52. The van der Waals surface area contributed by atoms with Crippen LogP contribution in [0.3, 0.4) is 0 Å². The van der Waals surface area contributed by atoms with Gasteiger partial charge in [-0.3, -0.25) is 4.79 Å². The number of sulfone groups is 1. The molecule has 0 radical (unpaired) electrons. The highest BCUT2D eigenvalue weighted by molar-refractivity contribution is 7.91. The van der Waals surface area contributed by atoms with Gasteiger partial charge in [-0.2, -0.15) is 13.1 Å². The predicted molar refractivity (Wildman–Crippen MR) is 149 cm³/mol. The predicted octanol–water partition coefficient (Wildman–Crippen LogP) is 1.16. The lowest BCUT2D eigenvalue weighted by molar-refractivity contribution is 0.0664. The summed E-state index contributed by atoms with van der Waals surface area (Å²) in [5.74, 6) is -0.388. The molecule has 1 unspecified atom stereocenters. The molecule has 1 saturated heterocycles. The highest BCUT2D eigenvalue weighted by Crippen LogP contribution is 2.36. The largest absolute Gasteiger partial charge is 0.422 e. The molecule has 2 aromatic heterocycles. The van der Waals surface area contributed by atoms with E-state index in [4.69, 9.17) is 9.56 Å². The van der Waals surface area contributed by atoms with E-state index >= 15 is 0 Å². The van der Waals surface area contributed by atoms with Crippen LogP contribution in [0.1, 0.15) is 32.4 Å². The molecule has 4 aromatic rings. The van der Waals surface area contributed by atoms with E-state index in [1.54, 1.807) is 12.1 Å². The first-order valence-electron chi connectivity index (χ1n) is 12.1. The van der Waals surface area contributed by atoms with Gasteiger partial charge in [-0.1, -0.05) is 18.2 Å². The topological polar surface area (TPSA) is 182 Å². The van der Waals surface area contributed by atoms with Crippen molar-refractivity contribution in [2.45, 2.75) is 11.8 Å². The standard InChI is InChI=1S/C24H27N7O6S3/c1-30-8-10-31(11-9-30)24(32)17-5-3-4-15(12-17)16-6-7-18-19(13-16)38-23(27-18)21(39(2,33)34)22-29-28-20(37-22)14-26-40(25,35)36/h3-7,12-13,21,26H,8-11,14H2,1-2H3,(H2,25,35,36). The Hall–Kier alpha value is -3.28. The van der Waals surface area contributed by atoms with Crippen LogP contribution in [-0.2, 0) is 26.6 Å². The maximum Gasteiger partial charge on any atom is 0.274 e. The van der Waals surface area contributed by atoms with E-state index in [9.17, 15) is 21.6 Å². The molecule has 2 aromatic carbocycles. The zero-order valence-corrected chi connectivity index (χ0v) is 24.1. The molecule has 0 saturated carbocycles. The van der Waals surface area contributed by atoms with Crippen molar-refractivity contribution in [2.24, 2.45) is 5.14 Å². The number of rotatable bonds is 8. The van der Waals surface area contributed by atoms with E-state index < -0.39 is 25.3 Å². The van der Waals surface area contributed by atoms with E-state index in [-0.39, 0.29) is 29.2 Å². The second kappa shape index (κ2) is 10.9. The molecular formula is C24H27N7O6S3. The lowest BCUT2D eigenvalue weighted by Crippen LogP contribution is -2.47. The summed E-state index contributed by atoms with van der Waals surface area (Å²) in [5.41, 5.74) is 2.88. The molecule has 0 spiro atoms. The van der Waals surface area contributed by atoms with Gasteiger partial charge in [0.05, 0.1) is 16.8 Å². The highest BCUT2D eigenvalue weighted by Gasteiger charge is 2.34. The number of aromatic nitrogens is 3. The summed E-state index contributed by atoms with van der Waals surface area (Å²) in [6, 6.07) is 13.0. The summed E-state index contributed by atoms with van der Waals surface area (Å²) in [5, 5.41) is 11.3. The first kappa shape index (κ1) is 28.3. The number of nitrogens with one attached hydrogen (secondary N) is 1. The Balaban J connectivity index is 1.43. The molecule has 16 heteroatoms. The molecule has 1 amide bonds. The molecule has 0 aliphatic carbocycles. The molecule has 1 aliphatic rings. The Bertz CT molecular complexity index is 1780. The first-order chi connectivity index (χ1) is 18.9. The second-order valence-corrected chi connectivity index (χ2v) is 14.1. The number of carbonyl (C=O) groups is 1. The number of nitrogens with two attached hydrogens (primary N) is 1. The summed E-state index contributed by atoms with van der Waals surface area (Å²) in [6.07, 6.45) is 1.03. The molecule has 1 fully saturated rings. The lowest BCUT2D eigenvalue weighted by Gasteiger charge is -2.32. The van der Waals surface area contributed by atoms with Crippen LogP contribution in [0.25, 0.3) is 21.3 Å². The number of hydrogen-bond donors (Lipinski definition) is 2. The quantitative estimate of drug-likeness (QED) is 0.296. The number of thiazole rings is 1. The molecule has 1 atom stereocenters. The number of benzene rings is 2. The normalized spacial score (nSPS) is 15.9. The van der Waals surface area contributed by atoms with E-state index in [0.717, 1.165) is 35.2 Å². The van der Waals surface area contributed by atoms with Crippen LogP contribution in [0.5, 0.6) is 0 Å². The summed E-state index contributed by atoms with van der Waals surface area (Å²) < 4.78 is 56.0. The van der Waals surface area contributed by atoms with Crippen molar-refractivity contribution >= 4 is 47.5 Å². The van der Waals surface area contributed by atoms with Gasteiger partial charge in [0.2, 0.25) is 11.8 Å². The minimum Gasteiger partial charge on any atom is -0.422 e. The summed E-state index contributed by atoms with van der Waals surface area (Å²) in [4.78, 5) is 21.6. The van der Waals surface area contributed by atoms with Gasteiger partial charge in [-0.15, -0.1) is 21.5 Å². The first-order valence-corrected chi connectivity index (χ1v) is 16.5. The number of likely N-dealkylation sites (N-methyl/N-ethyl adjacent to an activating group) is 1. The SMILES string of the molecule is CN1CCN(C(=O)c2cccc(-c3ccc4nc(C(c5nnc(CNS(N)(=O)=O)o5)S(C)(=O)=O)sc4c3)c2)CC1. The third-order valence-corrected chi connectivity index (χ3v) is 9.48. The van der Waals surface area contributed by atoms with E-state index in [0.29, 0.717) is 24.2 Å². The molecule has 13 nitrogen and oxygen atoms in total. The molecule has 40 heavy (non-hydrogen) atoms. The van der Waals surface area contributed by atoms with Crippen molar-refractivity contribution < 1.29 is 26.0 Å². The van der Waals surface area contributed by atoms with Gasteiger partial charge >= 0.3 is 0 Å². The van der Waals surface area contributed by atoms with Crippen LogP contribution in [0, 0.1) is 0 Å². The molecule has 212 valence electrons. The van der Waals surface area contributed by atoms with Crippen molar-refractivity contribution in [3.63, 3.8) is 0 Å². The van der Waals surface area contributed by atoms with Gasteiger partial charge in [0.1, 0.15) is 5.01 Å². The van der Waals surface area contributed by atoms with Crippen molar-refractivity contribution in [1.82, 2.24) is 29.7 Å². The van der Waals surface area contributed by atoms with Crippen molar-refractivity contribution in [2.75, 3.05) is 39.5 Å². The van der Waals surface area contributed by atoms with Crippen LogP contribution < -0.4 is 9.86 Å². The van der Waals surface area contributed by atoms with Gasteiger partial charge in [0.25, 0.3) is 16.1 Å². The monoisotopic (exact) mass is 605 g/mol. The number of hydrogen-bond acceptors (Lipinski definition) is 11. The molecule has 3 heterocycles. The van der Waals surface area contributed by atoms with Crippen LogP contribution in [-0.4, -0.2) is 87.2 Å². The van der Waals surface area contributed by atoms with Crippen LogP contribution in [0.15, 0.2) is 46.9 Å². The Labute approximate surface area is 235 Å². The molecule has 5 rings (SSSR count). The van der Waals surface area contributed by atoms with Crippen molar-refractivity contribution in [3.05, 3.63) is 64.8 Å². The Morgan fingerprint density at radius 1 is 1.07 bits per heavy atom. The van der Waals surface area contributed by atoms with Gasteiger partial charge in [-0.05, 0) is 42.4 Å². The summed E-state index contributed by atoms with van der Waals surface area (Å²) >= 11 is 1.17. The third-order valence-electron chi connectivity index (χ3n) is 6.42. The van der Waals surface area contributed by atoms with Crippen molar-refractivity contribution in [3.8, 4) is 11.1 Å². The fourth-order valence-corrected chi connectivity index (χ4v) is 7.19. The number of piperazine rings is 1. The van der Waals surface area contributed by atoms with E-state index in [1.165, 1.54) is 11.3 Å². The van der Waals surface area contributed by atoms with Crippen LogP contribution in [0.4, 0.5) is 0 Å². The van der Waals surface area contributed by atoms with Crippen LogP contribution >= 0.6 is 11.3 Å². The summed E-state index contributed by atoms with van der Waals surface area (Å²) in [6.45, 7) is 2.65.